The maximum atomic E-state index is 12.9. The first-order valence-electron chi connectivity index (χ1n) is 4.79. The van der Waals surface area contributed by atoms with E-state index in [0.717, 1.165) is 18.5 Å². The lowest BCUT2D eigenvalue weighted by atomic mass is 10.2. The van der Waals surface area contributed by atoms with Gasteiger partial charge in [0.2, 0.25) is 10.0 Å². The van der Waals surface area contributed by atoms with Gasteiger partial charge in [0.25, 0.3) is 0 Å². The van der Waals surface area contributed by atoms with Crippen molar-refractivity contribution in [3.8, 4) is 0 Å². The Balaban J connectivity index is 3.00. The lowest BCUT2D eigenvalue weighted by Crippen LogP contribution is -2.42. The molecule has 94 valence electrons. The Morgan fingerprint density at radius 2 is 2.29 bits per heavy atom. The third-order valence-electron chi connectivity index (χ3n) is 2.04. The van der Waals surface area contributed by atoms with E-state index in [-0.39, 0.29) is 9.88 Å². The quantitative estimate of drug-likeness (QED) is 0.768. The molecule has 5 nitrogen and oxygen atoms in total. The molecule has 0 spiro atoms. The van der Waals surface area contributed by atoms with Crippen LogP contribution in [0.3, 0.4) is 0 Å². The van der Waals surface area contributed by atoms with Gasteiger partial charge < -0.3 is 5.73 Å². The van der Waals surface area contributed by atoms with E-state index in [0.29, 0.717) is 6.42 Å². The molecule has 0 radical (unpaired) electrons. The van der Waals surface area contributed by atoms with Crippen LogP contribution in [0.4, 0.5) is 4.39 Å². The highest BCUT2D eigenvalue weighted by Gasteiger charge is 2.21. The molecule has 1 aromatic heterocycles. The molecule has 0 bridgehead atoms. The van der Waals surface area contributed by atoms with Crippen LogP contribution in [-0.4, -0.2) is 24.4 Å². The minimum atomic E-state index is -3.86. The standard InChI is InChI=1S/C9H12FN3O2S2/c1-2-8(9(11)16)13-17(14,15)7-3-6(10)4-12-5-7/h3-5,8,13H,2H2,1H3,(H2,11,16). The fourth-order valence-corrected chi connectivity index (χ4v) is 2.71. The van der Waals surface area contributed by atoms with Crippen molar-refractivity contribution < 1.29 is 12.8 Å². The Labute approximate surface area is 104 Å². The molecule has 0 amide bonds. The smallest absolute Gasteiger partial charge is 0.242 e. The van der Waals surface area contributed by atoms with E-state index in [1.165, 1.54) is 0 Å². The number of pyridine rings is 1. The molecule has 0 aliphatic heterocycles. The number of aromatic nitrogens is 1. The highest BCUT2D eigenvalue weighted by atomic mass is 32.2. The van der Waals surface area contributed by atoms with Crippen LogP contribution in [-0.2, 0) is 10.0 Å². The van der Waals surface area contributed by atoms with Crippen molar-refractivity contribution in [2.75, 3.05) is 0 Å². The maximum Gasteiger partial charge on any atom is 0.242 e. The minimum Gasteiger partial charge on any atom is -0.392 e. The number of hydrogen-bond acceptors (Lipinski definition) is 4. The number of nitrogens with one attached hydrogen (secondary N) is 1. The van der Waals surface area contributed by atoms with Crippen molar-refractivity contribution in [2.24, 2.45) is 5.73 Å². The normalized spacial score (nSPS) is 13.3. The first kappa shape index (κ1) is 13.9. The Morgan fingerprint density at radius 1 is 1.65 bits per heavy atom. The Morgan fingerprint density at radius 3 is 2.76 bits per heavy atom. The van der Waals surface area contributed by atoms with E-state index in [4.69, 9.17) is 18.0 Å². The summed E-state index contributed by atoms with van der Waals surface area (Å²) >= 11 is 4.72. The van der Waals surface area contributed by atoms with Crippen molar-refractivity contribution in [3.05, 3.63) is 24.3 Å². The molecule has 1 aromatic rings. The second kappa shape index (κ2) is 5.48. The van der Waals surface area contributed by atoms with Gasteiger partial charge in [-0.05, 0) is 12.5 Å². The molecule has 3 N–H and O–H groups in total. The predicted molar refractivity (Wildman–Crippen MR) is 65.4 cm³/mol. The average molecular weight is 277 g/mol. The van der Waals surface area contributed by atoms with Crippen LogP contribution in [0.5, 0.6) is 0 Å². The van der Waals surface area contributed by atoms with Crippen LogP contribution >= 0.6 is 12.2 Å². The molecule has 1 atom stereocenters. The van der Waals surface area contributed by atoms with Crippen LogP contribution in [0.25, 0.3) is 0 Å². The van der Waals surface area contributed by atoms with Gasteiger partial charge >= 0.3 is 0 Å². The number of nitrogens with two attached hydrogens (primary N) is 1. The molecule has 1 heterocycles. The lowest BCUT2D eigenvalue weighted by molar-refractivity contribution is 0.567. The van der Waals surface area contributed by atoms with Gasteiger partial charge in [0.05, 0.1) is 17.2 Å². The fraction of sp³-hybridized carbons (Fsp3) is 0.333. The molecule has 0 aliphatic carbocycles. The summed E-state index contributed by atoms with van der Waals surface area (Å²) < 4.78 is 38.8. The largest absolute Gasteiger partial charge is 0.392 e. The first-order chi connectivity index (χ1) is 7.86. The molecule has 8 heteroatoms. The van der Waals surface area contributed by atoms with E-state index in [2.05, 4.69) is 9.71 Å². The van der Waals surface area contributed by atoms with Crippen molar-refractivity contribution in [2.45, 2.75) is 24.3 Å². The molecule has 0 saturated heterocycles. The third-order valence-corrected chi connectivity index (χ3v) is 3.76. The van der Waals surface area contributed by atoms with Gasteiger partial charge in [0.15, 0.2) is 0 Å². The van der Waals surface area contributed by atoms with E-state index in [1.807, 2.05) is 0 Å². The van der Waals surface area contributed by atoms with E-state index >= 15 is 0 Å². The number of halogens is 1. The number of thiocarbonyl (C=S) groups is 1. The van der Waals surface area contributed by atoms with E-state index in [9.17, 15) is 12.8 Å². The summed E-state index contributed by atoms with van der Waals surface area (Å²) in [5, 5.41) is 0. The van der Waals surface area contributed by atoms with Gasteiger partial charge in [0, 0.05) is 6.20 Å². The molecule has 0 fully saturated rings. The number of sulfonamides is 1. The van der Waals surface area contributed by atoms with E-state index < -0.39 is 21.9 Å². The summed E-state index contributed by atoms with van der Waals surface area (Å²) in [6.07, 6.45) is 2.39. The van der Waals surface area contributed by atoms with Crippen molar-refractivity contribution >= 4 is 27.2 Å². The minimum absolute atomic E-state index is 0.0421. The second-order valence-electron chi connectivity index (χ2n) is 3.32. The van der Waals surface area contributed by atoms with Crippen molar-refractivity contribution in [3.63, 3.8) is 0 Å². The zero-order valence-corrected chi connectivity index (χ0v) is 10.7. The number of nitrogens with zero attached hydrogens (tertiary/aromatic N) is 1. The molecule has 0 saturated carbocycles. The van der Waals surface area contributed by atoms with Crippen LogP contribution in [0.2, 0.25) is 0 Å². The van der Waals surface area contributed by atoms with Gasteiger partial charge in [0.1, 0.15) is 10.7 Å². The predicted octanol–water partition coefficient (Wildman–Crippen LogP) is 0.564. The van der Waals surface area contributed by atoms with Crippen LogP contribution in [0.1, 0.15) is 13.3 Å². The highest BCUT2D eigenvalue weighted by molar-refractivity contribution is 7.89. The summed E-state index contributed by atoms with van der Waals surface area (Å²) in [7, 11) is -3.86. The van der Waals surface area contributed by atoms with Gasteiger partial charge in [-0.3, -0.25) is 4.98 Å². The average Bonchev–Trinajstić information content (AvgIpc) is 2.25. The summed E-state index contributed by atoms with van der Waals surface area (Å²) in [6.45, 7) is 1.73. The van der Waals surface area contributed by atoms with Crippen molar-refractivity contribution in [1.29, 1.82) is 0 Å². The van der Waals surface area contributed by atoms with Gasteiger partial charge in [-0.2, -0.15) is 0 Å². The van der Waals surface area contributed by atoms with Crippen LogP contribution in [0.15, 0.2) is 23.4 Å². The molecule has 1 rings (SSSR count). The Hall–Kier alpha value is -1.12. The topological polar surface area (TPSA) is 85.1 Å². The lowest BCUT2D eigenvalue weighted by Gasteiger charge is -2.15. The maximum absolute atomic E-state index is 12.9. The Bertz CT molecular complexity index is 519. The molecule has 0 aromatic carbocycles. The first-order valence-corrected chi connectivity index (χ1v) is 6.68. The fourth-order valence-electron chi connectivity index (χ4n) is 1.14. The summed E-state index contributed by atoms with van der Waals surface area (Å²) in [5.41, 5.74) is 5.38. The Kier molecular flexibility index (Phi) is 4.49. The summed E-state index contributed by atoms with van der Waals surface area (Å²) in [4.78, 5) is 3.26. The summed E-state index contributed by atoms with van der Waals surface area (Å²) in [6, 6.07) is 0.222. The zero-order chi connectivity index (χ0) is 13.1. The monoisotopic (exact) mass is 277 g/mol. The SMILES string of the molecule is CCC(NS(=O)(=O)c1cncc(F)c1)C(N)=S. The second-order valence-corrected chi connectivity index (χ2v) is 5.51. The van der Waals surface area contributed by atoms with Gasteiger partial charge in [-0.25, -0.2) is 17.5 Å². The van der Waals surface area contributed by atoms with Crippen LogP contribution in [0, 0.1) is 5.82 Å². The van der Waals surface area contributed by atoms with Gasteiger partial charge in [-0.1, -0.05) is 19.1 Å². The zero-order valence-electron chi connectivity index (χ0n) is 9.05. The molecular weight excluding hydrogens is 265 g/mol. The molecular formula is C9H12FN3O2S2. The third kappa shape index (κ3) is 3.69. The molecule has 1 unspecified atom stereocenters. The van der Waals surface area contributed by atoms with Crippen LogP contribution < -0.4 is 10.5 Å². The number of rotatable bonds is 5. The number of hydrogen-bond donors (Lipinski definition) is 2. The molecule has 0 aliphatic rings. The van der Waals surface area contributed by atoms with Crippen molar-refractivity contribution in [1.82, 2.24) is 9.71 Å². The highest BCUT2D eigenvalue weighted by Crippen LogP contribution is 2.09. The van der Waals surface area contributed by atoms with E-state index in [1.54, 1.807) is 6.92 Å². The van der Waals surface area contributed by atoms with Gasteiger partial charge in [-0.15, -0.1) is 0 Å². The summed E-state index contributed by atoms with van der Waals surface area (Å²) in [5.74, 6) is -0.726. The molecule has 17 heavy (non-hydrogen) atoms.